The summed E-state index contributed by atoms with van der Waals surface area (Å²) >= 11 is 0. The molecule has 1 atom stereocenters. The van der Waals surface area contributed by atoms with Crippen molar-refractivity contribution in [1.82, 2.24) is 9.88 Å². The summed E-state index contributed by atoms with van der Waals surface area (Å²) in [4.78, 5) is 16.9. The van der Waals surface area contributed by atoms with Gasteiger partial charge in [0.15, 0.2) is 0 Å². The van der Waals surface area contributed by atoms with Crippen LogP contribution in [0.5, 0.6) is 0 Å². The van der Waals surface area contributed by atoms with Crippen LogP contribution in [0.2, 0.25) is 0 Å². The number of halogens is 1. The van der Waals surface area contributed by atoms with Crippen molar-refractivity contribution in [2.24, 2.45) is 0 Å². The third-order valence-electron chi connectivity index (χ3n) is 3.26. The Kier molecular flexibility index (Phi) is 4.40. The maximum atomic E-state index is 13.2. The summed E-state index contributed by atoms with van der Waals surface area (Å²) in [5.41, 5.74) is -0.341. The average molecular weight is 254 g/mol. The molecule has 5 heteroatoms. The summed E-state index contributed by atoms with van der Waals surface area (Å²) in [7, 11) is 0. The van der Waals surface area contributed by atoms with E-state index in [0.29, 0.717) is 12.1 Å². The molecule has 18 heavy (non-hydrogen) atoms. The largest absolute Gasteiger partial charge is 0.480 e. The Hall–Kier alpha value is -1.49. The van der Waals surface area contributed by atoms with Crippen LogP contribution < -0.4 is 0 Å². The van der Waals surface area contributed by atoms with Gasteiger partial charge in [0.05, 0.1) is 6.20 Å². The van der Waals surface area contributed by atoms with Crippen LogP contribution >= 0.6 is 0 Å². The number of aliphatic carboxylic acids is 1. The van der Waals surface area contributed by atoms with Gasteiger partial charge >= 0.3 is 5.97 Å². The highest BCUT2D eigenvalue weighted by atomic mass is 19.1. The van der Waals surface area contributed by atoms with Gasteiger partial charge in [-0.3, -0.25) is 14.7 Å². The van der Waals surface area contributed by atoms with Crippen LogP contribution in [0, 0.1) is 5.82 Å². The number of rotatable bonds is 5. The second-order valence-corrected chi connectivity index (χ2v) is 4.76. The second kappa shape index (κ2) is 5.44. The number of carbonyl (C=O) groups is 1. The summed E-state index contributed by atoms with van der Waals surface area (Å²) in [5, 5.41) is 9.26. The van der Waals surface area contributed by atoms with Crippen molar-refractivity contribution in [3.8, 4) is 0 Å². The van der Waals surface area contributed by atoms with Gasteiger partial charge in [-0.15, -0.1) is 0 Å². The maximum absolute atomic E-state index is 13.2. The van der Waals surface area contributed by atoms with E-state index in [9.17, 15) is 14.3 Å². The molecule has 0 saturated carbocycles. The summed E-state index contributed by atoms with van der Waals surface area (Å²) in [6.07, 6.45) is 2.70. The van der Waals surface area contributed by atoms with Crippen molar-refractivity contribution < 1.29 is 14.3 Å². The lowest BCUT2D eigenvalue weighted by molar-refractivity contribution is -0.150. The van der Waals surface area contributed by atoms with E-state index in [1.807, 2.05) is 13.8 Å². The fraction of sp³-hybridized carbons (Fsp3) is 0.538. The van der Waals surface area contributed by atoms with Gasteiger partial charge in [-0.2, -0.15) is 0 Å². The number of likely N-dealkylation sites (N-methyl/N-ethyl adjacent to an activating group) is 1. The highest BCUT2D eigenvalue weighted by Crippen LogP contribution is 2.27. The molecule has 1 N–H and O–H groups in total. The van der Waals surface area contributed by atoms with Crippen molar-refractivity contribution in [2.75, 3.05) is 6.54 Å². The first-order chi connectivity index (χ1) is 8.30. The highest BCUT2D eigenvalue weighted by Gasteiger charge is 2.36. The predicted octanol–water partition coefficient (Wildman–Crippen LogP) is 2.47. The predicted molar refractivity (Wildman–Crippen MR) is 66.7 cm³/mol. The zero-order valence-electron chi connectivity index (χ0n) is 11.1. The minimum atomic E-state index is -1.01. The van der Waals surface area contributed by atoms with Crippen LogP contribution in [0.3, 0.4) is 0 Å². The molecule has 0 fully saturated rings. The number of hydrogen-bond acceptors (Lipinski definition) is 3. The highest BCUT2D eigenvalue weighted by molar-refractivity contribution is 5.77. The molecule has 0 amide bonds. The Morgan fingerprint density at radius 2 is 2.17 bits per heavy atom. The molecule has 0 radical (unpaired) electrons. The van der Waals surface area contributed by atoms with Crippen molar-refractivity contribution in [1.29, 1.82) is 0 Å². The third kappa shape index (κ3) is 2.85. The molecule has 100 valence electrons. The van der Waals surface area contributed by atoms with E-state index in [2.05, 4.69) is 4.98 Å². The number of carboxylic acids is 1. The first kappa shape index (κ1) is 14.6. The van der Waals surface area contributed by atoms with Crippen molar-refractivity contribution in [3.63, 3.8) is 0 Å². The van der Waals surface area contributed by atoms with E-state index in [1.165, 1.54) is 6.07 Å². The lowest BCUT2D eigenvalue weighted by Gasteiger charge is -2.38. The van der Waals surface area contributed by atoms with Crippen LogP contribution in [0.25, 0.3) is 0 Å². The Morgan fingerprint density at radius 3 is 2.61 bits per heavy atom. The Balaban J connectivity index is 3.06. The molecule has 1 aromatic rings. The topological polar surface area (TPSA) is 53.4 Å². The van der Waals surface area contributed by atoms with Crippen LogP contribution in [0.4, 0.5) is 4.39 Å². The van der Waals surface area contributed by atoms with Gasteiger partial charge in [-0.05, 0) is 38.9 Å². The molecule has 1 rings (SSSR count). The molecule has 0 aliphatic carbocycles. The first-order valence-electron chi connectivity index (χ1n) is 5.91. The monoisotopic (exact) mass is 254 g/mol. The van der Waals surface area contributed by atoms with Gasteiger partial charge in [0.2, 0.25) is 0 Å². The number of nitrogens with zero attached hydrogens (tertiary/aromatic N) is 2. The van der Waals surface area contributed by atoms with Gasteiger partial charge in [-0.1, -0.05) is 6.92 Å². The van der Waals surface area contributed by atoms with Gasteiger partial charge in [0.25, 0.3) is 0 Å². The van der Waals surface area contributed by atoms with E-state index < -0.39 is 17.3 Å². The smallest absolute Gasteiger partial charge is 0.323 e. The van der Waals surface area contributed by atoms with Gasteiger partial charge in [0, 0.05) is 12.2 Å². The zero-order valence-corrected chi connectivity index (χ0v) is 11.1. The Labute approximate surface area is 106 Å². The molecule has 0 aliphatic heterocycles. The zero-order chi connectivity index (χ0) is 13.9. The Bertz CT molecular complexity index is 435. The van der Waals surface area contributed by atoms with Gasteiger partial charge in [-0.25, -0.2) is 4.39 Å². The van der Waals surface area contributed by atoms with Crippen LogP contribution in [-0.2, 0) is 4.79 Å². The molecule has 4 nitrogen and oxygen atoms in total. The third-order valence-corrected chi connectivity index (χ3v) is 3.26. The summed E-state index contributed by atoms with van der Waals surface area (Å²) in [6, 6.07) is 1.17. The Morgan fingerprint density at radius 1 is 1.56 bits per heavy atom. The molecule has 0 aliphatic rings. The molecular formula is C13H19FN2O2. The number of hydrogen-bond donors (Lipinski definition) is 1. The number of aromatic nitrogens is 1. The minimum Gasteiger partial charge on any atom is -0.480 e. The molecule has 0 spiro atoms. The molecule has 1 heterocycles. The lowest BCUT2D eigenvalue weighted by atomic mass is 9.98. The summed E-state index contributed by atoms with van der Waals surface area (Å²) in [6.45, 7) is 7.57. The average Bonchev–Trinajstić information content (AvgIpc) is 2.29. The van der Waals surface area contributed by atoms with Crippen LogP contribution in [0.15, 0.2) is 18.5 Å². The molecule has 1 unspecified atom stereocenters. The molecule has 0 saturated heterocycles. The quantitative estimate of drug-likeness (QED) is 0.877. The molecule has 1 aromatic heterocycles. The standard InChI is InChI=1S/C13H19FN2O2/c1-5-16(13(3,4)12(17)18)9(2)10-6-11(14)8-15-7-10/h6-9H,5H2,1-4H3,(H,17,18). The fourth-order valence-corrected chi connectivity index (χ4v) is 2.11. The first-order valence-corrected chi connectivity index (χ1v) is 5.91. The molecule has 0 aromatic carbocycles. The van der Waals surface area contributed by atoms with E-state index in [0.717, 1.165) is 6.20 Å². The summed E-state index contributed by atoms with van der Waals surface area (Å²) in [5.74, 6) is -1.32. The fourth-order valence-electron chi connectivity index (χ4n) is 2.11. The normalized spacial score (nSPS) is 13.7. The van der Waals surface area contributed by atoms with E-state index >= 15 is 0 Å². The number of carboxylic acid groups (broad SMARTS) is 1. The van der Waals surface area contributed by atoms with E-state index in [1.54, 1.807) is 24.9 Å². The SMILES string of the molecule is CCN(C(C)c1cncc(F)c1)C(C)(C)C(=O)O. The van der Waals surface area contributed by atoms with Crippen molar-refractivity contribution in [2.45, 2.75) is 39.3 Å². The maximum Gasteiger partial charge on any atom is 0.323 e. The van der Waals surface area contributed by atoms with Crippen LogP contribution in [0.1, 0.15) is 39.3 Å². The number of pyridine rings is 1. The second-order valence-electron chi connectivity index (χ2n) is 4.76. The van der Waals surface area contributed by atoms with Crippen molar-refractivity contribution >= 4 is 5.97 Å². The van der Waals surface area contributed by atoms with E-state index in [4.69, 9.17) is 0 Å². The molecular weight excluding hydrogens is 235 g/mol. The minimum absolute atomic E-state index is 0.218. The van der Waals surface area contributed by atoms with Crippen LogP contribution in [-0.4, -0.2) is 33.0 Å². The summed E-state index contributed by atoms with van der Waals surface area (Å²) < 4.78 is 13.2. The molecule has 0 bridgehead atoms. The van der Waals surface area contributed by atoms with Gasteiger partial charge in [0.1, 0.15) is 11.4 Å². The van der Waals surface area contributed by atoms with E-state index in [-0.39, 0.29) is 6.04 Å². The van der Waals surface area contributed by atoms with Gasteiger partial charge < -0.3 is 5.11 Å². The van der Waals surface area contributed by atoms with Crippen molar-refractivity contribution in [3.05, 3.63) is 29.8 Å². The lowest BCUT2D eigenvalue weighted by Crippen LogP contribution is -2.51.